The van der Waals surface area contributed by atoms with Crippen LogP contribution in [0.4, 0.5) is 4.79 Å². The summed E-state index contributed by atoms with van der Waals surface area (Å²) in [6.45, 7) is 5.95. The Balaban J connectivity index is 3.96. The molecule has 0 saturated carbocycles. The van der Waals surface area contributed by atoms with Gasteiger partial charge in [0.05, 0.1) is 0 Å². The maximum atomic E-state index is 11.0. The SMILES string of the molecule is C/C(=N\NC(=O)N(C)C)C(C)C. The number of hydrazone groups is 1. The first kappa shape index (κ1) is 10.9. The fourth-order valence-electron chi connectivity index (χ4n) is 0.365. The van der Waals surface area contributed by atoms with E-state index in [1.54, 1.807) is 14.1 Å². The lowest BCUT2D eigenvalue weighted by Crippen LogP contribution is -2.32. The molecule has 0 aromatic heterocycles. The Morgan fingerprint density at radius 2 is 1.92 bits per heavy atom. The van der Waals surface area contributed by atoms with Crippen molar-refractivity contribution in [3.8, 4) is 0 Å². The maximum Gasteiger partial charge on any atom is 0.337 e. The second-order valence-electron chi connectivity index (χ2n) is 3.22. The number of nitrogens with zero attached hydrogens (tertiary/aromatic N) is 2. The number of carbonyl (C=O) groups excluding carboxylic acids is 1. The Labute approximate surface area is 73.6 Å². The largest absolute Gasteiger partial charge is 0.337 e. The van der Waals surface area contributed by atoms with E-state index in [1.165, 1.54) is 4.90 Å². The fourth-order valence-corrected chi connectivity index (χ4v) is 0.365. The van der Waals surface area contributed by atoms with Gasteiger partial charge in [-0.3, -0.25) is 0 Å². The molecule has 0 aromatic carbocycles. The Kier molecular flexibility index (Phi) is 4.33. The molecule has 12 heavy (non-hydrogen) atoms. The van der Waals surface area contributed by atoms with Crippen LogP contribution in [0.2, 0.25) is 0 Å². The van der Waals surface area contributed by atoms with Crippen LogP contribution in [-0.4, -0.2) is 30.7 Å². The Morgan fingerprint density at radius 3 is 2.25 bits per heavy atom. The molecule has 0 saturated heterocycles. The molecule has 0 unspecified atom stereocenters. The van der Waals surface area contributed by atoms with Gasteiger partial charge in [-0.25, -0.2) is 10.2 Å². The number of rotatable bonds is 2. The summed E-state index contributed by atoms with van der Waals surface area (Å²) >= 11 is 0. The van der Waals surface area contributed by atoms with E-state index < -0.39 is 0 Å². The third kappa shape index (κ3) is 3.95. The lowest BCUT2D eigenvalue weighted by Gasteiger charge is -2.09. The zero-order chi connectivity index (χ0) is 9.72. The molecule has 0 bridgehead atoms. The zero-order valence-corrected chi connectivity index (χ0v) is 8.38. The third-order valence-corrected chi connectivity index (χ3v) is 1.57. The minimum atomic E-state index is -0.199. The molecule has 0 rings (SSSR count). The molecule has 0 aliphatic heterocycles. The molecular formula is C8H17N3O. The van der Waals surface area contributed by atoms with E-state index in [0.29, 0.717) is 5.92 Å². The van der Waals surface area contributed by atoms with E-state index in [9.17, 15) is 4.79 Å². The summed E-state index contributed by atoms with van der Waals surface area (Å²) in [5.41, 5.74) is 3.36. The number of nitrogens with one attached hydrogen (secondary N) is 1. The molecule has 0 aliphatic rings. The summed E-state index contributed by atoms with van der Waals surface area (Å²) < 4.78 is 0. The van der Waals surface area contributed by atoms with Crippen molar-refractivity contribution in [1.29, 1.82) is 0 Å². The number of hydrogen-bond acceptors (Lipinski definition) is 2. The van der Waals surface area contributed by atoms with Gasteiger partial charge in [-0.1, -0.05) is 13.8 Å². The smallest absolute Gasteiger partial charge is 0.329 e. The van der Waals surface area contributed by atoms with E-state index in [1.807, 2.05) is 20.8 Å². The summed E-state index contributed by atoms with van der Waals surface area (Å²) in [5.74, 6) is 0.368. The molecule has 4 heteroatoms. The van der Waals surface area contributed by atoms with Crippen molar-refractivity contribution in [1.82, 2.24) is 10.3 Å². The summed E-state index contributed by atoms with van der Waals surface area (Å²) in [4.78, 5) is 12.4. The monoisotopic (exact) mass is 171 g/mol. The van der Waals surface area contributed by atoms with Crippen LogP contribution in [0.1, 0.15) is 20.8 Å². The number of carbonyl (C=O) groups is 1. The van der Waals surface area contributed by atoms with Gasteiger partial charge in [0.25, 0.3) is 0 Å². The van der Waals surface area contributed by atoms with Gasteiger partial charge in [0.2, 0.25) is 0 Å². The molecule has 0 heterocycles. The topological polar surface area (TPSA) is 44.7 Å². The van der Waals surface area contributed by atoms with Crippen LogP contribution in [0.25, 0.3) is 0 Å². The van der Waals surface area contributed by atoms with Crippen molar-refractivity contribution in [2.75, 3.05) is 14.1 Å². The second-order valence-corrected chi connectivity index (χ2v) is 3.22. The van der Waals surface area contributed by atoms with Crippen LogP contribution in [-0.2, 0) is 0 Å². The molecule has 2 amide bonds. The van der Waals surface area contributed by atoms with E-state index in [2.05, 4.69) is 10.5 Å². The molecule has 1 N–H and O–H groups in total. The van der Waals surface area contributed by atoms with Gasteiger partial charge in [-0.15, -0.1) is 0 Å². The Morgan fingerprint density at radius 1 is 1.42 bits per heavy atom. The van der Waals surface area contributed by atoms with Crippen molar-refractivity contribution in [2.45, 2.75) is 20.8 Å². The molecule has 4 nitrogen and oxygen atoms in total. The first-order valence-corrected chi connectivity index (χ1v) is 3.96. The van der Waals surface area contributed by atoms with Crippen LogP contribution in [0.5, 0.6) is 0 Å². The summed E-state index contributed by atoms with van der Waals surface area (Å²) in [6, 6.07) is -0.199. The third-order valence-electron chi connectivity index (χ3n) is 1.57. The van der Waals surface area contributed by atoms with Crippen LogP contribution in [0, 0.1) is 5.92 Å². The maximum absolute atomic E-state index is 11.0. The predicted molar refractivity (Wildman–Crippen MR) is 50.2 cm³/mol. The van der Waals surface area contributed by atoms with Crippen LogP contribution >= 0.6 is 0 Å². The normalized spacial score (nSPS) is 11.7. The lowest BCUT2D eigenvalue weighted by atomic mass is 10.1. The predicted octanol–water partition coefficient (Wildman–Crippen LogP) is 1.29. The van der Waals surface area contributed by atoms with E-state index in [4.69, 9.17) is 0 Å². The van der Waals surface area contributed by atoms with Gasteiger partial charge < -0.3 is 4.90 Å². The minimum Gasteiger partial charge on any atom is -0.329 e. The molecule has 70 valence electrons. The van der Waals surface area contributed by atoms with Crippen molar-refractivity contribution in [2.24, 2.45) is 11.0 Å². The highest BCUT2D eigenvalue weighted by Gasteiger charge is 2.02. The van der Waals surface area contributed by atoms with Gasteiger partial charge in [0.15, 0.2) is 0 Å². The van der Waals surface area contributed by atoms with Gasteiger partial charge in [0, 0.05) is 19.8 Å². The average Bonchev–Trinajstić information content (AvgIpc) is 1.98. The zero-order valence-electron chi connectivity index (χ0n) is 8.38. The van der Waals surface area contributed by atoms with E-state index in [0.717, 1.165) is 5.71 Å². The quantitative estimate of drug-likeness (QED) is 0.494. The van der Waals surface area contributed by atoms with Gasteiger partial charge in [-0.05, 0) is 12.8 Å². The van der Waals surface area contributed by atoms with Gasteiger partial charge in [0.1, 0.15) is 0 Å². The van der Waals surface area contributed by atoms with Crippen molar-refractivity contribution < 1.29 is 4.79 Å². The van der Waals surface area contributed by atoms with Crippen molar-refractivity contribution >= 4 is 11.7 Å². The highest BCUT2D eigenvalue weighted by atomic mass is 16.2. The van der Waals surface area contributed by atoms with E-state index in [-0.39, 0.29) is 6.03 Å². The molecule has 0 fully saturated rings. The Bertz CT molecular complexity index is 185. The first-order chi connectivity index (χ1) is 5.45. The fraction of sp³-hybridized carbons (Fsp3) is 0.750. The van der Waals surface area contributed by atoms with E-state index >= 15 is 0 Å². The molecule has 0 atom stereocenters. The number of hydrogen-bond donors (Lipinski definition) is 1. The van der Waals surface area contributed by atoms with Gasteiger partial charge in [-0.2, -0.15) is 5.10 Å². The summed E-state index contributed by atoms with van der Waals surface area (Å²) in [5, 5.41) is 3.92. The standard InChI is InChI=1S/C8H17N3O/c1-6(2)7(3)9-10-8(12)11(4)5/h6H,1-5H3,(H,10,12)/b9-7+. The first-order valence-electron chi connectivity index (χ1n) is 3.96. The minimum absolute atomic E-state index is 0.199. The molecule has 0 aliphatic carbocycles. The number of urea groups is 1. The summed E-state index contributed by atoms with van der Waals surface area (Å²) in [7, 11) is 3.35. The molecular weight excluding hydrogens is 154 g/mol. The van der Waals surface area contributed by atoms with Gasteiger partial charge >= 0.3 is 6.03 Å². The lowest BCUT2D eigenvalue weighted by molar-refractivity contribution is 0.218. The molecule has 0 radical (unpaired) electrons. The highest BCUT2D eigenvalue weighted by molar-refractivity contribution is 5.85. The average molecular weight is 171 g/mol. The van der Waals surface area contributed by atoms with Crippen molar-refractivity contribution in [3.05, 3.63) is 0 Å². The number of amides is 2. The highest BCUT2D eigenvalue weighted by Crippen LogP contribution is 1.94. The molecule has 0 aromatic rings. The second kappa shape index (κ2) is 4.74. The van der Waals surface area contributed by atoms with Crippen LogP contribution in [0.15, 0.2) is 5.10 Å². The summed E-state index contributed by atoms with van der Waals surface area (Å²) in [6.07, 6.45) is 0. The van der Waals surface area contributed by atoms with Crippen LogP contribution < -0.4 is 5.43 Å². The Hall–Kier alpha value is -1.06. The van der Waals surface area contributed by atoms with Crippen LogP contribution in [0.3, 0.4) is 0 Å². The molecule has 0 spiro atoms. The van der Waals surface area contributed by atoms with Crippen molar-refractivity contribution in [3.63, 3.8) is 0 Å².